The van der Waals surface area contributed by atoms with Crippen molar-refractivity contribution >= 4 is 27.2 Å². The Kier molecular flexibility index (Phi) is 3.94. The minimum Gasteiger partial charge on any atom is -0.389 e. The van der Waals surface area contributed by atoms with Crippen LogP contribution >= 0.6 is 12.2 Å². The summed E-state index contributed by atoms with van der Waals surface area (Å²) in [7, 11) is -3.45. The average molecular weight is 298 g/mol. The summed E-state index contributed by atoms with van der Waals surface area (Å²) in [5.41, 5.74) is 6.88. The molecule has 0 amide bonds. The lowest BCUT2D eigenvalue weighted by atomic mass is 10.1. The molecule has 104 valence electrons. The molecule has 6 heteroatoms. The van der Waals surface area contributed by atoms with Gasteiger partial charge in [0.2, 0.25) is 10.0 Å². The van der Waals surface area contributed by atoms with Gasteiger partial charge in [-0.1, -0.05) is 31.6 Å². The van der Waals surface area contributed by atoms with Crippen molar-refractivity contribution in [3.63, 3.8) is 0 Å². The zero-order valence-electron chi connectivity index (χ0n) is 11.0. The summed E-state index contributed by atoms with van der Waals surface area (Å²) in [6, 6.07) is 5.01. The van der Waals surface area contributed by atoms with Gasteiger partial charge in [0, 0.05) is 11.6 Å². The number of benzene rings is 1. The van der Waals surface area contributed by atoms with Gasteiger partial charge in [-0.15, -0.1) is 0 Å². The van der Waals surface area contributed by atoms with Gasteiger partial charge in [-0.05, 0) is 37.0 Å². The van der Waals surface area contributed by atoms with Crippen LogP contribution in [0.25, 0.3) is 0 Å². The largest absolute Gasteiger partial charge is 0.389 e. The molecule has 0 aliphatic heterocycles. The Morgan fingerprint density at radius 2 is 2.21 bits per heavy atom. The number of sulfonamides is 1. The van der Waals surface area contributed by atoms with Crippen LogP contribution in [0, 0.1) is 12.8 Å². The highest BCUT2D eigenvalue weighted by Crippen LogP contribution is 2.34. The van der Waals surface area contributed by atoms with E-state index in [9.17, 15) is 8.42 Å². The minimum atomic E-state index is -3.45. The molecule has 0 aromatic heterocycles. The van der Waals surface area contributed by atoms with Crippen molar-refractivity contribution in [2.75, 3.05) is 0 Å². The molecule has 2 atom stereocenters. The molecule has 2 rings (SSSR count). The summed E-state index contributed by atoms with van der Waals surface area (Å²) < 4.78 is 27.3. The van der Waals surface area contributed by atoms with Crippen molar-refractivity contribution in [2.24, 2.45) is 11.7 Å². The van der Waals surface area contributed by atoms with Crippen molar-refractivity contribution in [3.8, 4) is 0 Å². The predicted molar refractivity (Wildman–Crippen MR) is 79.6 cm³/mol. The third-order valence-electron chi connectivity index (χ3n) is 3.50. The molecule has 1 saturated carbocycles. The lowest BCUT2D eigenvalue weighted by molar-refractivity contribution is 0.575. The molecule has 0 bridgehead atoms. The Morgan fingerprint density at radius 1 is 1.53 bits per heavy atom. The highest BCUT2D eigenvalue weighted by atomic mass is 32.2. The van der Waals surface area contributed by atoms with Crippen molar-refractivity contribution in [1.82, 2.24) is 4.72 Å². The van der Waals surface area contributed by atoms with E-state index >= 15 is 0 Å². The zero-order valence-corrected chi connectivity index (χ0v) is 12.6. The molecule has 0 spiro atoms. The van der Waals surface area contributed by atoms with Crippen LogP contribution in [0.1, 0.15) is 30.9 Å². The highest BCUT2D eigenvalue weighted by Gasteiger charge is 2.38. The standard InChI is InChI=1S/C13H18N2O2S2/c1-3-9-7-11(9)15-19(16,17)12-5-4-10(13(14)18)6-8(12)2/h4-6,9,11,15H,3,7H2,1-2H3,(H2,14,18). The molecule has 0 radical (unpaired) electrons. The van der Waals surface area contributed by atoms with E-state index in [1.54, 1.807) is 25.1 Å². The number of nitrogens with one attached hydrogen (secondary N) is 1. The van der Waals surface area contributed by atoms with Crippen molar-refractivity contribution in [2.45, 2.75) is 37.6 Å². The van der Waals surface area contributed by atoms with Crippen LogP contribution in [-0.2, 0) is 10.0 Å². The molecular weight excluding hydrogens is 280 g/mol. The van der Waals surface area contributed by atoms with Gasteiger partial charge in [0.1, 0.15) is 4.99 Å². The Balaban J connectivity index is 2.23. The van der Waals surface area contributed by atoms with Crippen LogP contribution in [0.5, 0.6) is 0 Å². The highest BCUT2D eigenvalue weighted by molar-refractivity contribution is 7.89. The molecule has 1 aliphatic carbocycles. The molecule has 0 heterocycles. The fourth-order valence-electron chi connectivity index (χ4n) is 2.21. The maximum atomic E-state index is 12.3. The van der Waals surface area contributed by atoms with Gasteiger partial charge in [-0.2, -0.15) is 0 Å². The van der Waals surface area contributed by atoms with Gasteiger partial charge in [-0.3, -0.25) is 0 Å². The first-order valence-electron chi connectivity index (χ1n) is 6.28. The maximum absolute atomic E-state index is 12.3. The molecule has 0 saturated heterocycles. The summed E-state index contributed by atoms with van der Waals surface area (Å²) >= 11 is 4.88. The molecule has 1 fully saturated rings. The third-order valence-corrected chi connectivity index (χ3v) is 5.39. The Bertz CT molecular complexity index is 611. The van der Waals surface area contributed by atoms with E-state index in [2.05, 4.69) is 11.6 Å². The topological polar surface area (TPSA) is 72.2 Å². The molecule has 19 heavy (non-hydrogen) atoms. The predicted octanol–water partition coefficient (Wildman–Crippen LogP) is 1.71. The van der Waals surface area contributed by atoms with E-state index in [1.165, 1.54) is 0 Å². The van der Waals surface area contributed by atoms with Crippen LogP contribution in [0.4, 0.5) is 0 Å². The van der Waals surface area contributed by atoms with E-state index in [4.69, 9.17) is 18.0 Å². The van der Waals surface area contributed by atoms with Gasteiger partial charge in [0.05, 0.1) is 4.90 Å². The number of nitrogens with two attached hydrogens (primary N) is 1. The normalized spacial score (nSPS) is 22.2. The van der Waals surface area contributed by atoms with Crippen molar-refractivity contribution in [3.05, 3.63) is 29.3 Å². The van der Waals surface area contributed by atoms with E-state index in [0.717, 1.165) is 12.8 Å². The van der Waals surface area contributed by atoms with Crippen LogP contribution in [0.15, 0.2) is 23.1 Å². The molecule has 4 nitrogen and oxygen atoms in total. The fraction of sp³-hybridized carbons (Fsp3) is 0.462. The number of aryl methyl sites for hydroxylation is 1. The van der Waals surface area contributed by atoms with E-state index < -0.39 is 10.0 Å². The number of thiocarbonyl (C=S) groups is 1. The Hall–Kier alpha value is -0.980. The average Bonchev–Trinajstić information content (AvgIpc) is 3.05. The molecule has 1 aromatic rings. The van der Waals surface area contributed by atoms with E-state index in [0.29, 0.717) is 21.9 Å². The summed E-state index contributed by atoms with van der Waals surface area (Å²) in [5.74, 6) is 0.478. The first kappa shape index (κ1) is 14.4. The molecule has 1 aliphatic rings. The first-order valence-corrected chi connectivity index (χ1v) is 8.17. The van der Waals surface area contributed by atoms with Crippen LogP contribution in [-0.4, -0.2) is 19.4 Å². The second kappa shape index (κ2) is 5.19. The van der Waals surface area contributed by atoms with E-state index in [1.807, 2.05) is 0 Å². The van der Waals surface area contributed by atoms with Crippen LogP contribution in [0.3, 0.4) is 0 Å². The second-order valence-corrected chi connectivity index (χ2v) is 7.10. The van der Waals surface area contributed by atoms with E-state index in [-0.39, 0.29) is 11.0 Å². The van der Waals surface area contributed by atoms with Crippen molar-refractivity contribution < 1.29 is 8.42 Å². The summed E-state index contributed by atoms with van der Waals surface area (Å²) in [5, 5.41) is 0. The quantitative estimate of drug-likeness (QED) is 0.812. The van der Waals surface area contributed by atoms with Crippen molar-refractivity contribution in [1.29, 1.82) is 0 Å². The number of hydrogen-bond donors (Lipinski definition) is 2. The maximum Gasteiger partial charge on any atom is 0.241 e. The van der Waals surface area contributed by atoms with Gasteiger partial charge in [0.15, 0.2) is 0 Å². The minimum absolute atomic E-state index is 0.0876. The summed E-state index contributed by atoms with van der Waals surface area (Å²) in [6.45, 7) is 3.82. The lowest BCUT2D eigenvalue weighted by Crippen LogP contribution is -2.27. The molecule has 1 aromatic carbocycles. The third kappa shape index (κ3) is 3.13. The monoisotopic (exact) mass is 298 g/mol. The fourth-order valence-corrected chi connectivity index (χ4v) is 3.88. The lowest BCUT2D eigenvalue weighted by Gasteiger charge is -2.10. The Morgan fingerprint density at radius 3 is 2.68 bits per heavy atom. The second-order valence-electron chi connectivity index (χ2n) is 4.98. The summed E-state index contributed by atoms with van der Waals surface area (Å²) in [6.07, 6.45) is 1.94. The first-order chi connectivity index (χ1) is 8.85. The molecule has 2 unspecified atom stereocenters. The summed E-state index contributed by atoms with van der Waals surface area (Å²) in [4.78, 5) is 0.572. The Labute approximate surface area is 119 Å². The number of hydrogen-bond acceptors (Lipinski definition) is 3. The van der Waals surface area contributed by atoms with Gasteiger partial charge < -0.3 is 5.73 Å². The number of rotatable bonds is 5. The van der Waals surface area contributed by atoms with Gasteiger partial charge >= 0.3 is 0 Å². The SMILES string of the molecule is CCC1CC1NS(=O)(=O)c1ccc(C(N)=S)cc1C. The zero-order chi connectivity index (χ0) is 14.2. The molecular formula is C13H18N2O2S2. The van der Waals surface area contributed by atoms with Gasteiger partial charge in [-0.25, -0.2) is 13.1 Å². The molecule has 3 N–H and O–H groups in total. The van der Waals surface area contributed by atoms with Crippen LogP contribution < -0.4 is 10.5 Å². The van der Waals surface area contributed by atoms with Gasteiger partial charge in [0.25, 0.3) is 0 Å². The van der Waals surface area contributed by atoms with Crippen LogP contribution in [0.2, 0.25) is 0 Å². The smallest absolute Gasteiger partial charge is 0.241 e.